The number of benzene rings is 1. The van der Waals surface area contributed by atoms with E-state index < -0.39 is 0 Å². The summed E-state index contributed by atoms with van der Waals surface area (Å²) in [5.74, 6) is 0.828. The summed E-state index contributed by atoms with van der Waals surface area (Å²) in [6.45, 7) is 0.662. The predicted molar refractivity (Wildman–Crippen MR) is 84.9 cm³/mol. The van der Waals surface area contributed by atoms with E-state index in [9.17, 15) is 4.39 Å². The highest BCUT2D eigenvalue weighted by Gasteiger charge is 2.05. The minimum Gasteiger partial charge on any atom is -0.497 e. The maximum atomic E-state index is 12.1. The van der Waals surface area contributed by atoms with Gasteiger partial charge >= 0.3 is 0 Å². The highest BCUT2D eigenvalue weighted by atomic mass is 19.1. The molecule has 0 unspecified atom stereocenters. The molecular weight excluding hydrogens is 281 g/mol. The molecule has 0 fully saturated rings. The standard InChI is InChI=1S/C17H18FN3O/c1-22-15-4-2-14(3-5-15)16-12-21-9-6-13(10-17(21)20-16)11-19-8-7-18/h2-6,9-10,12,19H,7-8,11H2,1H3. The summed E-state index contributed by atoms with van der Waals surface area (Å²) >= 11 is 0. The minimum atomic E-state index is -0.354. The quantitative estimate of drug-likeness (QED) is 0.711. The van der Waals surface area contributed by atoms with Gasteiger partial charge in [-0.3, -0.25) is 0 Å². The van der Waals surface area contributed by atoms with Crippen molar-refractivity contribution in [1.29, 1.82) is 0 Å². The number of ether oxygens (including phenoxy) is 1. The molecule has 2 aromatic heterocycles. The van der Waals surface area contributed by atoms with Gasteiger partial charge in [0.15, 0.2) is 0 Å². The minimum absolute atomic E-state index is 0.354. The summed E-state index contributed by atoms with van der Waals surface area (Å²) < 4.78 is 19.3. The van der Waals surface area contributed by atoms with Crippen LogP contribution in [-0.2, 0) is 6.54 Å². The van der Waals surface area contributed by atoms with Crippen molar-refractivity contribution < 1.29 is 9.13 Å². The van der Waals surface area contributed by atoms with Crippen molar-refractivity contribution >= 4 is 5.65 Å². The summed E-state index contributed by atoms with van der Waals surface area (Å²) in [5, 5.41) is 3.04. The largest absolute Gasteiger partial charge is 0.497 e. The van der Waals surface area contributed by atoms with Crippen LogP contribution in [0.4, 0.5) is 4.39 Å². The lowest BCUT2D eigenvalue weighted by atomic mass is 10.2. The second-order valence-corrected chi connectivity index (χ2v) is 5.02. The van der Waals surface area contributed by atoms with Gasteiger partial charge in [-0.15, -0.1) is 0 Å². The van der Waals surface area contributed by atoms with Crippen LogP contribution >= 0.6 is 0 Å². The Kier molecular flexibility index (Phi) is 4.34. The number of methoxy groups -OCH3 is 1. The summed E-state index contributed by atoms with van der Waals surface area (Å²) in [6.07, 6.45) is 3.97. The first kappa shape index (κ1) is 14.5. The molecule has 0 amide bonds. The highest BCUT2D eigenvalue weighted by molar-refractivity contribution is 5.63. The molecule has 0 aliphatic carbocycles. The third-order valence-electron chi connectivity index (χ3n) is 3.51. The molecule has 3 rings (SSSR count). The lowest BCUT2D eigenvalue weighted by Gasteiger charge is -2.02. The van der Waals surface area contributed by atoms with Crippen LogP contribution in [0.25, 0.3) is 16.9 Å². The fourth-order valence-corrected chi connectivity index (χ4v) is 2.33. The molecule has 5 heteroatoms. The number of rotatable bonds is 6. The van der Waals surface area contributed by atoms with Gasteiger partial charge in [0, 0.05) is 31.0 Å². The maximum Gasteiger partial charge on any atom is 0.137 e. The number of hydrogen-bond donors (Lipinski definition) is 1. The first-order valence-electron chi connectivity index (χ1n) is 7.19. The normalized spacial score (nSPS) is 11.0. The molecule has 0 spiro atoms. The average Bonchev–Trinajstić information content (AvgIpc) is 2.98. The van der Waals surface area contributed by atoms with E-state index in [1.807, 2.05) is 53.2 Å². The number of nitrogens with zero attached hydrogens (tertiary/aromatic N) is 2. The number of alkyl halides is 1. The number of hydrogen-bond acceptors (Lipinski definition) is 3. The maximum absolute atomic E-state index is 12.1. The fourth-order valence-electron chi connectivity index (χ4n) is 2.33. The van der Waals surface area contributed by atoms with Gasteiger partial charge in [0.25, 0.3) is 0 Å². The van der Waals surface area contributed by atoms with Gasteiger partial charge < -0.3 is 14.5 Å². The zero-order valence-corrected chi connectivity index (χ0v) is 12.4. The van der Waals surface area contributed by atoms with E-state index in [0.29, 0.717) is 13.1 Å². The second-order valence-electron chi connectivity index (χ2n) is 5.02. The van der Waals surface area contributed by atoms with Crippen molar-refractivity contribution in [2.45, 2.75) is 6.54 Å². The van der Waals surface area contributed by atoms with E-state index in [-0.39, 0.29) is 6.67 Å². The van der Waals surface area contributed by atoms with E-state index in [4.69, 9.17) is 4.74 Å². The molecule has 114 valence electrons. The first-order chi connectivity index (χ1) is 10.8. The molecule has 0 aliphatic rings. The van der Waals surface area contributed by atoms with Crippen LogP contribution in [0.1, 0.15) is 5.56 Å². The van der Waals surface area contributed by atoms with Gasteiger partial charge in [0.05, 0.1) is 12.8 Å². The monoisotopic (exact) mass is 299 g/mol. The van der Waals surface area contributed by atoms with E-state index in [0.717, 1.165) is 28.2 Å². The number of halogens is 1. The lowest BCUT2D eigenvalue weighted by molar-refractivity contribution is 0.415. The van der Waals surface area contributed by atoms with Crippen molar-refractivity contribution in [3.8, 4) is 17.0 Å². The SMILES string of the molecule is COc1ccc(-c2cn3ccc(CNCCF)cc3n2)cc1. The molecule has 1 aromatic carbocycles. The van der Waals surface area contributed by atoms with Crippen molar-refractivity contribution in [3.05, 3.63) is 54.4 Å². The Morgan fingerprint density at radius 2 is 2.05 bits per heavy atom. The Bertz CT molecular complexity index is 752. The topological polar surface area (TPSA) is 38.6 Å². The van der Waals surface area contributed by atoms with Gasteiger partial charge in [0.1, 0.15) is 18.1 Å². The van der Waals surface area contributed by atoms with E-state index in [1.165, 1.54) is 0 Å². The van der Waals surface area contributed by atoms with Crippen molar-refractivity contribution in [3.63, 3.8) is 0 Å². The number of pyridine rings is 1. The Hall–Kier alpha value is -2.40. The molecule has 1 N–H and O–H groups in total. The van der Waals surface area contributed by atoms with Gasteiger partial charge in [0.2, 0.25) is 0 Å². The molecule has 0 atom stereocenters. The van der Waals surface area contributed by atoms with Crippen molar-refractivity contribution in [2.24, 2.45) is 0 Å². The average molecular weight is 299 g/mol. The Morgan fingerprint density at radius 1 is 1.23 bits per heavy atom. The predicted octanol–water partition coefficient (Wildman–Crippen LogP) is 3.07. The van der Waals surface area contributed by atoms with Crippen LogP contribution in [0.2, 0.25) is 0 Å². The van der Waals surface area contributed by atoms with Crippen molar-refractivity contribution in [1.82, 2.24) is 14.7 Å². The van der Waals surface area contributed by atoms with Gasteiger partial charge in [-0.05, 0) is 42.0 Å². The molecule has 22 heavy (non-hydrogen) atoms. The van der Waals surface area contributed by atoms with E-state index in [2.05, 4.69) is 10.3 Å². The van der Waals surface area contributed by atoms with Crippen LogP contribution in [0.3, 0.4) is 0 Å². The Balaban J connectivity index is 1.85. The number of imidazole rings is 1. The summed E-state index contributed by atoms with van der Waals surface area (Å²) in [6, 6.07) is 11.8. The second kappa shape index (κ2) is 6.58. The molecule has 0 aliphatic heterocycles. The van der Waals surface area contributed by atoms with E-state index in [1.54, 1.807) is 7.11 Å². The van der Waals surface area contributed by atoms with Crippen LogP contribution in [0, 0.1) is 0 Å². The molecule has 0 bridgehead atoms. The lowest BCUT2D eigenvalue weighted by Crippen LogP contribution is -2.15. The Morgan fingerprint density at radius 3 is 2.77 bits per heavy atom. The van der Waals surface area contributed by atoms with Crippen molar-refractivity contribution in [2.75, 3.05) is 20.3 Å². The van der Waals surface area contributed by atoms with Crippen LogP contribution in [0.5, 0.6) is 5.75 Å². The fraction of sp³-hybridized carbons (Fsp3) is 0.235. The molecule has 0 radical (unpaired) electrons. The molecule has 4 nitrogen and oxygen atoms in total. The number of aromatic nitrogens is 2. The molecule has 0 saturated heterocycles. The van der Waals surface area contributed by atoms with E-state index >= 15 is 0 Å². The molecule has 3 aromatic rings. The first-order valence-corrected chi connectivity index (χ1v) is 7.19. The zero-order chi connectivity index (χ0) is 15.4. The van der Waals surface area contributed by atoms with Gasteiger partial charge in [-0.1, -0.05) is 0 Å². The highest BCUT2D eigenvalue weighted by Crippen LogP contribution is 2.22. The molecule has 0 saturated carbocycles. The van der Waals surface area contributed by atoms with Crippen LogP contribution in [0.15, 0.2) is 48.8 Å². The third kappa shape index (κ3) is 3.09. The smallest absolute Gasteiger partial charge is 0.137 e. The Labute approximate surface area is 128 Å². The summed E-state index contributed by atoms with van der Waals surface area (Å²) in [4.78, 5) is 4.65. The zero-order valence-electron chi connectivity index (χ0n) is 12.4. The summed E-state index contributed by atoms with van der Waals surface area (Å²) in [7, 11) is 1.65. The number of fused-ring (bicyclic) bond motifs is 1. The molecule has 2 heterocycles. The molecular formula is C17H18FN3O. The van der Waals surface area contributed by atoms with Gasteiger partial charge in [-0.25, -0.2) is 9.37 Å². The summed E-state index contributed by atoms with van der Waals surface area (Å²) in [5.41, 5.74) is 3.93. The third-order valence-corrected chi connectivity index (χ3v) is 3.51. The van der Waals surface area contributed by atoms with Gasteiger partial charge in [-0.2, -0.15) is 0 Å². The number of nitrogens with one attached hydrogen (secondary N) is 1. The van der Waals surface area contributed by atoms with Crippen LogP contribution < -0.4 is 10.1 Å². The van der Waals surface area contributed by atoms with Crippen LogP contribution in [-0.4, -0.2) is 29.7 Å².